The molecule has 0 atom stereocenters. The summed E-state index contributed by atoms with van der Waals surface area (Å²) in [5.41, 5.74) is 0. The normalized spacial score (nSPS) is 15.9. The number of nitrogens with zero attached hydrogens (tertiary/aromatic N) is 1. The Kier molecular flexibility index (Phi) is 4.37. The molecular weight excluding hydrogens is 285 g/mol. The molecule has 4 nitrogen and oxygen atoms in total. The Morgan fingerprint density at radius 2 is 1.85 bits per heavy atom. The molecule has 0 aromatic heterocycles. The third kappa shape index (κ3) is 3.07. The van der Waals surface area contributed by atoms with E-state index >= 15 is 0 Å². The summed E-state index contributed by atoms with van der Waals surface area (Å²) < 4.78 is 6.07. The average Bonchev–Trinajstić information content (AvgIpc) is 2.42. The molecule has 5 heteroatoms. The van der Waals surface area contributed by atoms with E-state index in [1.807, 2.05) is 0 Å². The lowest BCUT2D eigenvalue weighted by Crippen LogP contribution is -2.33. The van der Waals surface area contributed by atoms with E-state index in [-0.39, 0.29) is 11.8 Å². The Bertz CT molecular complexity index is 222. The highest BCUT2D eigenvalue weighted by Gasteiger charge is 2.22. The van der Waals surface area contributed by atoms with Crippen LogP contribution >= 0.6 is 22.6 Å². The van der Waals surface area contributed by atoms with E-state index in [2.05, 4.69) is 22.6 Å². The Morgan fingerprint density at radius 3 is 2.38 bits per heavy atom. The smallest absolute Gasteiger partial charge is 0.253 e. The maximum Gasteiger partial charge on any atom is 0.253 e. The third-order valence-electron chi connectivity index (χ3n) is 1.58. The van der Waals surface area contributed by atoms with E-state index in [9.17, 15) is 9.59 Å². The molecule has 0 N–H and O–H groups in total. The predicted octanol–water partition coefficient (Wildman–Crippen LogP) is 0.363. The molecule has 0 aromatic carbocycles. The molecule has 0 unspecified atom stereocenters. The van der Waals surface area contributed by atoms with Crippen LogP contribution in [0.25, 0.3) is 0 Å². The number of halogens is 1. The van der Waals surface area contributed by atoms with Crippen LogP contribution in [0.1, 0.15) is 0 Å². The molecule has 1 rings (SSSR count). The van der Waals surface area contributed by atoms with Gasteiger partial charge in [-0.15, -0.1) is 0 Å². The van der Waals surface area contributed by atoms with Crippen LogP contribution in [0, 0.1) is 0 Å². The fourth-order valence-corrected chi connectivity index (χ4v) is 1.28. The van der Waals surface area contributed by atoms with E-state index < -0.39 is 0 Å². The van der Waals surface area contributed by atoms with Gasteiger partial charge >= 0.3 is 0 Å². The number of alkyl halides is 1. The first-order valence-electron chi connectivity index (χ1n) is 3.93. The van der Waals surface area contributed by atoms with Gasteiger partial charge in [0.1, 0.15) is 0 Å². The van der Waals surface area contributed by atoms with Crippen molar-refractivity contribution in [2.45, 2.75) is 0 Å². The Morgan fingerprint density at radius 1 is 1.23 bits per heavy atom. The molecule has 1 heterocycles. The number of hydrogen-bond acceptors (Lipinski definition) is 3. The first kappa shape index (κ1) is 10.6. The SMILES string of the molecule is O=C1C=CC(=O)N1CCOCCI. The van der Waals surface area contributed by atoms with Gasteiger partial charge in [0.15, 0.2) is 0 Å². The van der Waals surface area contributed by atoms with E-state index in [4.69, 9.17) is 4.74 Å². The van der Waals surface area contributed by atoms with Crippen molar-refractivity contribution in [3.63, 3.8) is 0 Å². The maximum absolute atomic E-state index is 11.0. The zero-order valence-corrected chi connectivity index (χ0v) is 9.19. The van der Waals surface area contributed by atoms with Crippen molar-refractivity contribution in [2.75, 3.05) is 24.2 Å². The second-order valence-electron chi connectivity index (χ2n) is 2.46. The molecule has 0 aliphatic carbocycles. The summed E-state index contributed by atoms with van der Waals surface area (Å²) in [5, 5.41) is 0. The molecule has 2 amide bonds. The topological polar surface area (TPSA) is 46.6 Å². The molecule has 0 bridgehead atoms. The fraction of sp³-hybridized carbons (Fsp3) is 0.500. The van der Waals surface area contributed by atoms with Crippen LogP contribution in [0.4, 0.5) is 0 Å². The Balaban J connectivity index is 2.22. The zero-order chi connectivity index (χ0) is 9.68. The van der Waals surface area contributed by atoms with Gasteiger partial charge < -0.3 is 4.74 Å². The lowest BCUT2D eigenvalue weighted by molar-refractivity contribution is -0.137. The highest BCUT2D eigenvalue weighted by Crippen LogP contribution is 2.02. The quantitative estimate of drug-likeness (QED) is 0.318. The van der Waals surface area contributed by atoms with Crippen molar-refractivity contribution in [3.8, 4) is 0 Å². The van der Waals surface area contributed by atoms with Gasteiger partial charge in [-0.1, -0.05) is 22.6 Å². The highest BCUT2D eigenvalue weighted by molar-refractivity contribution is 14.1. The van der Waals surface area contributed by atoms with Crippen LogP contribution in [0.3, 0.4) is 0 Å². The molecule has 0 radical (unpaired) electrons. The molecule has 1 aliphatic rings. The largest absolute Gasteiger partial charge is 0.379 e. The number of hydrogen-bond donors (Lipinski definition) is 0. The number of carbonyl (C=O) groups excluding carboxylic acids is 2. The van der Waals surface area contributed by atoms with Gasteiger partial charge in [0.05, 0.1) is 19.8 Å². The minimum absolute atomic E-state index is 0.247. The lowest BCUT2D eigenvalue weighted by Gasteiger charge is -2.12. The monoisotopic (exact) mass is 295 g/mol. The minimum Gasteiger partial charge on any atom is -0.379 e. The number of amides is 2. The van der Waals surface area contributed by atoms with Crippen LogP contribution in [0.2, 0.25) is 0 Å². The number of ether oxygens (including phenoxy) is 1. The Hall–Kier alpha value is -0.430. The lowest BCUT2D eigenvalue weighted by atomic mass is 10.5. The van der Waals surface area contributed by atoms with Gasteiger partial charge in [-0.25, -0.2) is 0 Å². The predicted molar refractivity (Wildman–Crippen MR) is 55.6 cm³/mol. The molecule has 13 heavy (non-hydrogen) atoms. The van der Waals surface area contributed by atoms with Gasteiger partial charge in [0, 0.05) is 16.6 Å². The van der Waals surface area contributed by atoms with Crippen molar-refractivity contribution in [3.05, 3.63) is 12.2 Å². The number of rotatable bonds is 5. The van der Waals surface area contributed by atoms with Gasteiger partial charge in [0.25, 0.3) is 11.8 Å². The molecular formula is C8H10INO3. The second-order valence-corrected chi connectivity index (χ2v) is 3.54. The minimum atomic E-state index is -0.247. The van der Waals surface area contributed by atoms with E-state index in [1.165, 1.54) is 17.1 Å². The summed E-state index contributed by atoms with van der Waals surface area (Å²) >= 11 is 2.20. The third-order valence-corrected chi connectivity index (χ3v) is 2.02. The molecule has 0 spiro atoms. The maximum atomic E-state index is 11.0. The second kappa shape index (κ2) is 5.33. The number of carbonyl (C=O) groups is 2. The van der Waals surface area contributed by atoms with Crippen molar-refractivity contribution >= 4 is 34.4 Å². The average molecular weight is 295 g/mol. The van der Waals surface area contributed by atoms with Crippen LogP contribution in [-0.2, 0) is 14.3 Å². The van der Waals surface area contributed by atoms with Crippen molar-refractivity contribution in [2.24, 2.45) is 0 Å². The van der Waals surface area contributed by atoms with Gasteiger partial charge in [-0.3, -0.25) is 14.5 Å². The summed E-state index contributed by atoms with van der Waals surface area (Å²) in [6.07, 6.45) is 2.56. The summed E-state index contributed by atoms with van der Waals surface area (Å²) in [5.74, 6) is -0.494. The van der Waals surface area contributed by atoms with E-state index in [0.717, 1.165) is 4.43 Å². The van der Waals surface area contributed by atoms with E-state index in [1.54, 1.807) is 0 Å². The van der Waals surface area contributed by atoms with Gasteiger partial charge in [0.2, 0.25) is 0 Å². The van der Waals surface area contributed by atoms with Crippen LogP contribution in [-0.4, -0.2) is 40.9 Å². The van der Waals surface area contributed by atoms with Crippen molar-refractivity contribution < 1.29 is 14.3 Å². The van der Waals surface area contributed by atoms with E-state index in [0.29, 0.717) is 19.8 Å². The van der Waals surface area contributed by atoms with Crippen LogP contribution in [0.5, 0.6) is 0 Å². The van der Waals surface area contributed by atoms with Gasteiger partial charge in [-0.2, -0.15) is 0 Å². The van der Waals surface area contributed by atoms with Crippen molar-refractivity contribution in [1.29, 1.82) is 0 Å². The first-order chi connectivity index (χ1) is 6.25. The summed E-state index contributed by atoms with van der Waals surface area (Å²) in [7, 11) is 0. The molecule has 0 fully saturated rings. The molecule has 0 saturated heterocycles. The summed E-state index contributed by atoms with van der Waals surface area (Å²) in [4.78, 5) is 23.2. The standard InChI is InChI=1S/C8H10INO3/c9-3-5-13-6-4-10-7(11)1-2-8(10)12/h1-2H,3-6H2. The van der Waals surface area contributed by atoms with Crippen molar-refractivity contribution in [1.82, 2.24) is 4.90 Å². The fourth-order valence-electron chi connectivity index (χ4n) is 0.964. The summed E-state index contributed by atoms with van der Waals surface area (Å²) in [6.45, 7) is 1.42. The number of imide groups is 1. The zero-order valence-electron chi connectivity index (χ0n) is 7.03. The van der Waals surface area contributed by atoms with Gasteiger partial charge in [-0.05, 0) is 0 Å². The molecule has 72 valence electrons. The summed E-state index contributed by atoms with van der Waals surface area (Å²) in [6, 6.07) is 0. The molecule has 0 saturated carbocycles. The molecule has 0 aromatic rings. The molecule has 1 aliphatic heterocycles. The van der Waals surface area contributed by atoms with Crippen LogP contribution in [0.15, 0.2) is 12.2 Å². The highest BCUT2D eigenvalue weighted by atomic mass is 127. The first-order valence-corrected chi connectivity index (χ1v) is 5.45. The Labute approximate surface area is 90.1 Å². The van der Waals surface area contributed by atoms with Crippen LogP contribution < -0.4 is 0 Å².